The van der Waals surface area contributed by atoms with Gasteiger partial charge in [0.1, 0.15) is 5.75 Å². The molecular weight excluding hydrogens is 316 g/mol. The number of hydrogen-bond donors (Lipinski definition) is 2. The van der Waals surface area contributed by atoms with Crippen LogP contribution in [0.2, 0.25) is 0 Å². The molecule has 0 unspecified atom stereocenters. The number of hydrogen-bond acceptors (Lipinski definition) is 3. The molecule has 0 aliphatic rings. The van der Waals surface area contributed by atoms with Gasteiger partial charge in [0, 0.05) is 11.0 Å². The summed E-state index contributed by atoms with van der Waals surface area (Å²) < 4.78 is 6.76. The summed E-state index contributed by atoms with van der Waals surface area (Å²) in [5, 5.41) is 3.34. The lowest BCUT2D eigenvalue weighted by Gasteiger charge is -2.15. The predicted octanol–water partition coefficient (Wildman–Crippen LogP) is 4.43. The highest BCUT2D eigenvalue weighted by molar-refractivity contribution is 9.10. The molecule has 0 saturated carbocycles. The van der Waals surface area contributed by atoms with Crippen LogP contribution in [0.5, 0.6) is 5.75 Å². The Morgan fingerprint density at radius 2 is 1.95 bits per heavy atom. The van der Waals surface area contributed by atoms with E-state index in [2.05, 4.69) is 33.4 Å². The maximum absolute atomic E-state index is 6.13. The van der Waals surface area contributed by atoms with Crippen LogP contribution in [0.1, 0.15) is 19.4 Å². The van der Waals surface area contributed by atoms with Crippen LogP contribution in [0.3, 0.4) is 0 Å². The zero-order valence-corrected chi connectivity index (χ0v) is 13.3. The number of anilines is 2. The first-order valence-corrected chi connectivity index (χ1v) is 7.39. The zero-order valence-electron chi connectivity index (χ0n) is 11.7. The van der Waals surface area contributed by atoms with Gasteiger partial charge in [-0.3, -0.25) is 0 Å². The molecule has 2 aromatic rings. The zero-order chi connectivity index (χ0) is 14.5. The van der Waals surface area contributed by atoms with Crippen LogP contribution in [-0.4, -0.2) is 6.10 Å². The summed E-state index contributed by atoms with van der Waals surface area (Å²) in [4.78, 5) is 0. The molecule has 3 nitrogen and oxygen atoms in total. The SMILES string of the molecule is CC(C)Oc1cccc(NCc2cccc(Br)c2)c1N. The highest BCUT2D eigenvalue weighted by atomic mass is 79.9. The molecule has 0 aromatic heterocycles. The van der Waals surface area contributed by atoms with Gasteiger partial charge in [-0.1, -0.05) is 34.1 Å². The van der Waals surface area contributed by atoms with Gasteiger partial charge < -0.3 is 15.8 Å². The van der Waals surface area contributed by atoms with Gasteiger partial charge in [0.25, 0.3) is 0 Å². The van der Waals surface area contributed by atoms with E-state index in [4.69, 9.17) is 10.5 Å². The van der Waals surface area contributed by atoms with E-state index < -0.39 is 0 Å². The first kappa shape index (κ1) is 14.7. The monoisotopic (exact) mass is 334 g/mol. The van der Waals surface area contributed by atoms with Gasteiger partial charge in [-0.15, -0.1) is 0 Å². The Labute approximate surface area is 128 Å². The number of nitrogens with two attached hydrogens (primary N) is 1. The first-order valence-electron chi connectivity index (χ1n) is 6.59. The van der Waals surface area contributed by atoms with E-state index in [0.717, 1.165) is 22.5 Å². The Kier molecular flexibility index (Phi) is 4.90. The topological polar surface area (TPSA) is 47.3 Å². The average molecular weight is 335 g/mol. The summed E-state index contributed by atoms with van der Waals surface area (Å²) in [6, 6.07) is 14.0. The largest absolute Gasteiger partial charge is 0.489 e. The predicted molar refractivity (Wildman–Crippen MR) is 88.1 cm³/mol. The second-order valence-electron chi connectivity index (χ2n) is 4.87. The third-order valence-electron chi connectivity index (χ3n) is 2.80. The molecule has 20 heavy (non-hydrogen) atoms. The van der Waals surface area contributed by atoms with Crippen molar-refractivity contribution in [3.8, 4) is 5.75 Å². The summed E-state index contributed by atoms with van der Waals surface area (Å²) in [6.07, 6.45) is 0.109. The molecule has 0 heterocycles. The second-order valence-corrected chi connectivity index (χ2v) is 5.78. The fraction of sp³-hybridized carbons (Fsp3) is 0.250. The molecule has 106 valence electrons. The molecule has 0 bridgehead atoms. The van der Waals surface area contributed by atoms with Crippen molar-refractivity contribution in [2.24, 2.45) is 0 Å². The summed E-state index contributed by atoms with van der Waals surface area (Å²) in [5.74, 6) is 0.722. The molecule has 2 aromatic carbocycles. The highest BCUT2D eigenvalue weighted by Crippen LogP contribution is 2.30. The number of ether oxygens (including phenoxy) is 1. The molecule has 0 spiro atoms. The fourth-order valence-electron chi connectivity index (χ4n) is 1.90. The van der Waals surface area contributed by atoms with Crippen LogP contribution >= 0.6 is 15.9 Å². The van der Waals surface area contributed by atoms with E-state index in [1.807, 2.05) is 44.2 Å². The van der Waals surface area contributed by atoms with Crippen molar-refractivity contribution in [2.45, 2.75) is 26.5 Å². The van der Waals surface area contributed by atoms with E-state index in [-0.39, 0.29) is 6.10 Å². The highest BCUT2D eigenvalue weighted by Gasteiger charge is 2.07. The van der Waals surface area contributed by atoms with Gasteiger partial charge in [-0.2, -0.15) is 0 Å². The summed E-state index contributed by atoms with van der Waals surface area (Å²) >= 11 is 3.47. The normalized spacial score (nSPS) is 10.6. The molecule has 0 amide bonds. The third-order valence-corrected chi connectivity index (χ3v) is 3.29. The van der Waals surface area contributed by atoms with Crippen molar-refractivity contribution in [1.82, 2.24) is 0 Å². The maximum Gasteiger partial charge on any atom is 0.144 e. The minimum atomic E-state index is 0.109. The number of rotatable bonds is 5. The maximum atomic E-state index is 6.13. The van der Waals surface area contributed by atoms with Gasteiger partial charge in [-0.05, 0) is 43.7 Å². The number of para-hydroxylation sites is 1. The van der Waals surface area contributed by atoms with Crippen molar-refractivity contribution in [3.63, 3.8) is 0 Å². The van der Waals surface area contributed by atoms with Crippen LogP contribution in [0.15, 0.2) is 46.9 Å². The van der Waals surface area contributed by atoms with Gasteiger partial charge in [0.2, 0.25) is 0 Å². The molecule has 0 aliphatic heterocycles. The van der Waals surface area contributed by atoms with Crippen molar-refractivity contribution >= 4 is 27.3 Å². The molecule has 4 heteroatoms. The van der Waals surface area contributed by atoms with Gasteiger partial charge in [0.15, 0.2) is 0 Å². The Hall–Kier alpha value is -1.68. The number of nitrogen functional groups attached to an aromatic ring is 1. The van der Waals surface area contributed by atoms with Crippen LogP contribution in [0.4, 0.5) is 11.4 Å². The molecule has 0 atom stereocenters. The van der Waals surface area contributed by atoms with Crippen LogP contribution in [0.25, 0.3) is 0 Å². The van der Waals surface area contributed by atoms with Crippen molar-refractivity contribution in [1.29, 1.82) is 0 Å². The Balaban J connectivity index is 2.10. The molecule has 0 saturated heterocycles. The summed E-state index contributed by atoms with van der Waals surface area (Å²) in [6.45, 7) is 4.69. The van der Waals surface area contributed by atoms with Gasteiger partial charge in [0.05, 0.1) is 17.5 Å². The van der Waals surface area contributed by atoms with Crippen molar-refractivity contribution < 1.29 is 4.74 Å². The van der Waals surface area contributed by atoms with E-state index >= 15 is 0 Å². The van der Waals surface area contributed by atoms with Crippen LogP contribution in [-0.2, 0) is 6.54 Å². The summed E-state index contributed by atoms with van der Waals surface area (Å²) in [5.41, 5.74) is 8.86. The van der Waals surface area contributed by atoms with Crippen molar-refractivity contribution in [2.75, 3.05) is 11.1 Å². The number of nitrogens with one attached hydrogen (secondary N) is 1. The van der Waals surface area contributed by atoms with E-state index in [1.54, 1.807) is 0 Å². The molecule has 0 aliphatic carbocycles. The molecule has 0 radical (unpaired) electrons. The van der Waals surface area contributed by atoms with Gasteiger partial charge >= 0.3 is 0 Å². The van der Waals surface area contributed by atoms with Crippen molar-refractivity contribution in [3.05, 3.63) is 52.5 Å². The lowest BCUT2D eigenvalue weighted by Crippen LogP contribution is -2.09. The summed E-state index contributed by atoms with van der Waals surface area (Å²) in [7, 11) is 0. The molecule has 3 N–H and O–H groups in total. The first-order chi connectivity index (χ1) is 9.56. The Morgan fingerprint density at radius 3 is 2.65 bits per heavy atom. The Bertz CT molecular complexity index is 584. The Morgan fingerprint density at radius 1 is 1.20 bits per heavy atom. The number of halogens is 1. The second kappa shape index (κ2) is 6.66. The third kappa shape index (κ3) is 3.90. The minimum absolute atomic E-state index is 0.109. The number of benzene rings is 2. The van der Waals surface area contributed by atoms with Gasteiger partial charge in [-0.25, -0.2) is 0 Å². The lowest BCUT2D eigenvalue weighted by atomic mass is 10.2. The van der Waals surface area contributed by atoms with Crippen LogP contribution < -0.4 is 15.8 Å². The average Bonchev–Trinajstić information content (AvgIpc) is 2.39. The fourth-order valence-corrected chi connectivity index (χ4v) is 2.35. The lowest BCUT2D eigenvalue weighted by molar-refractivity contribution is 0.244. The quantitative estimate of drug-likeness (QED) is 0.795. The molecule has 0 fully saturated rings. The molecular formula is C16H19BrN2O. The van der Waals surface area contributed by atoms with Crippen LogP contribution in [0, 0.1) is 0 Å². The van der Waals surface area contributed by atoms with E-state index in [9.17, 15) is 0 Å². The van der Waals surface area contributed by atoms with E-state index in [1.165, 1.54) is 5.56 Å². The molecule has 2 rings (SSSR count). The smallest absolute Gasteiger partial charge is 0.144 e. The standard InChI is InChI=1S/C16H19BrN2O/c1-11(2)20-15-8-4-7-14(16(15)18)19-10-12-5-3-6-13(17)9-12/h3-9,11,19H,10,18H2,1-2H3. The van der Waals surface area contributed by atoms with E-state index in [0.29, 0.717) is 5.69 Å². The minimum Gasteiger partial charge on any atom is -0.489 e.